The van der Waals surface area contributed by atoms with Crippen molar-refractivity contribution < 1.29 is 9.53 Å². The second-order valence-corrected chi connectivity index (χ2v) is 4.06. The van der Waals surface area contributed by atoms with Crippen molar-refractivity contribution in [2.45, 2.75) is 33.1 Å². The minimum atomic E-state index is 0.0941. The van der Waals surface area contributed by atoms with E-state index in [4.69, 9.17) is 10.5 Å². The second-order valence-electron chi connectivity index (χ2n) is 4.06. The van der Waals surface area contributed by atoms with Gasteiger partial charge in [-0.15, -0.1) is 0 Å². The molecule has 0 heterocycles. The number of hydrogen-bond donors (Lipinski definition) is 2. The third-order valence-electron chi connectivity index (χ3n) is 1.88. The van der Waals surface area contributed by atoms with Crippen molar-refractivity contribution in [2.75, 3.05) is 26.3 Å². The molecule has 1 amide bonds. The van der Waals surface area contributed by atoms with Crippen LogP contribution >= 0.6 is 0 Å². The Hall–Kier alpha value is -0.610. The fourth-order valence-electron chi connectivity index (χ4n) is 1.10. The SMILES string of the molecule is CC(C)COCCNC(=O)CCCCN. The highest BCUT2D eigenvalue weighted by molar-refractivity contribution is 5.75. The lowest BCUT2D eigenvalue weighted by Gasteiger charge is -2.07. The van der Waals surface area contributed by atoms with E-state index in [1.54, 1.807) is 0 Å². The fourth-order valence-corrected chi connectivity index (χ4v) is 1.10. The molecular weight excluding hydrogens is 192 g/mol. The molecule has 0 unspecified atom stereocenters. The van der Waals surface area contributed by atoms with Gasteiger partial charge < -0.3 is 15.8 Å². The number of ether oxygens (including phenoxy) is 1. The first-order chi connectivity index (χ1) is 7.16. The summed E-state index contributed by atoms with van der Waals surface area (Å²) in [7, 11) is 0. The number of hydrogen-bond acceptors (Lipinski definition) is 3. The molecule has 0 bridgehead atoms. The van der Waals surface area contributed by atoms with Crippen molar-refractivity contribution >= 4 is 5.91 Å². The molecule has 0 fully saturated rings. The maximum atomic E-state index is 11.2. The highest BCUT2D eigenvalue weighted by Crippen LogP contribution is 1.93. The average molecular weight is 216 g/mol. The Kier molecular flexibility index (Phi) is 9.52. The van der Waals surface area contributed by atoms with Gasteiger partial charge in [0.15, 0.2) is 0 Å². The molecule has 0 spiro atoms. The third kappa shape index (κ3) is 11.3. The van der Waals surface area contributed by atoms with Crippen LogP contribution in [0.5, 0.6) is 0 Å². The summed E-state index contributed by atoms with van der Waals surface area (Å²) in [4.78, 5) is 11.2. The molecule has 0 saturated heterocycles. The molecule has 0 aliphatic heterocycles. The second kappa shape index (κ2) is 9.93. The van der Waals surface area contributed by atoms with Crippen molar-refractivity contribution in [3.8, 4) is 0 Å². The molecule has 0 aromatic rings. The van der Waals surface area contributed by atoms with Gasteiger partial charge in [-0.25, -0.2) is 0 Å². The lowest BCUT2D eigenvalue weighted by atomic mass is 10.2. The van der Waals surface area contributed by atoms with E-state index in [1.807, 2.05) is 0 Å². The largest absolute Gasteiger partial charge is 0.379 e. The number of nitrogens with two attached hydrogens (primary N) is 1. The van der Waals surface area contributed by atoms with Crippen LogP contribution in [0.1, 0.15) is 33.1 Å². The Morgan fingerprint density at radius 1 is 1.40 bits per heavy atom. The van der Waals surface area contributed by atoms with Crippen molar-refractivity contribution in [3.05, 3.63) is 0 Å². The Morgan fingerprint density at radius 2 is 2.13 bits per heavy atom. The molecule has 0 atom stereocenters. The van der Waals surface area contributed by atoms with Crippen LogP contribution in [-0.2, 0) is 9.53 Å². The van der Waals surface area contributed by atoms with Gasteiger partial charge >= 0.3 is 0 Å². The van der Waals surface area contributed by atoms with Gasteiger partial charge in [-0.3, -0.25) is 4.79 Å². The maximum Gasteiger partial charge on any atom is 0.220 e. The van der Waals surface area contributed by atoms with Gasteiger partial charge in [0.1, 0.15) is 0 Å². The van der Waals surface area contributed by atoms with Crippen LogP contribution < -0.4 is 11.1 Å². The molecule has 15 heavy (non-hydrogen) atoms. The summed E-state index contributed by atoms with van der Waals surface area (Å²) < 4.78 is 5.34. The highest BCUT2D eigenvalue weighted by atomic mass is 16.5. The molecule has 0 aromatic heterocycles. The van der Waals surface area contributed by atoms with E-state index in [1.165, 1.54) is 0 Å². The highest BCUT2D eigenvalue weighted by Gasteiger charge is 1.99. The monoisotopic (exact) mass is 216 g/mol. The number of carbonyl (C=O) groups is 1. The van der Waals surface area contributed by atoms with Crippen LogP contribution in [0.25, 0.3) is 0 Å². The van der Waals surface area contributed by atoms with Crippen molar-refractivity contribution in [2.24, 2.45) is 11.7 Å². The first-order valence-electron chi connectivity index (χ1n) is 5.71. The van der Waals surface area contributed by atoms with Gasteiger partial charge in [0, 0.05) is 19.6 Å². The van der Waals surface area contributed by atoms with Crippen LogP contribution in [0, 0.1) is 5.92 Å². The number of carbonyl (C=O) groups excluding carboxylic acids is 1. The summed E-state index contributed by atoms with van der Waals surface area (Å²) in [6.45, 7) is 6.82. The van der Waals surface area contributed by atoms with Crippen LogP contribution in [-0.4, -0.2) is 32.2 Å². The van der Waals surface area contributed by atoms with Crippen LogP contribution in [0.2, 0.25) is 0 Å². The summed E-state index contributed by atoms with van der Waals surface area (Å²) in [5.41, 5.74) is 5.33. The molecule has 0 radical (unpaired) electrons. The molecular formula is C11H24N2O2. The molecule has 4 heteroatoms. The number of amides is 1. The molecule has 0 saturated carbocycles. The van der Waals surface area contributed by atoms with E-state index in [0.717, 1.165) is 19.4 Å². The summed E-state index contributed by atoms with van der Waals surface area (Å²) in [5, 5.41) is 2.81. The third-order valence-corrected chi connectivity index (χ3v) is 1.88. The summed E-state index contributed by atoms with van der Waals surface area (Å²) in [6, 6.07) is 0. The lowest BCUT2D eigenvalue weighted by molar-refractivity contribution is -0.121. The lowest BCUT2D eigenvalue weighted by Crippen LogP contribution is -2.27. The molecule has 4 nitrogen and oxygen atoms in total. The topological polar surface area (TPSA) is 64.3 Å². The normalized spacial score (nSPS) is 10.7. The first-order valence-corrected chi connectivity index (χ1v) is 5.71. The Balaban J connectivity index is 3.17. The summed E-state index contributed by atoms with van der Waals surface area (Å²) >= 11 is 0. The Labute approximate surface area is 92.6 Å². The molecule has 0 aromatic carbocycles. The number of unbranched alkanes of at least 4 members (excludes halogenated alkanes) is 1. The quantitative estimate of drug-likeness (QED) is 0.563. The minimum absolute atomic E-state index is 0.0941. The van der Waals surface area contributed by atoms with E-state index in [9.17, 15) is 4.79 Å². The van der Waals surface area contributed by atoms with Crippen molar-refractivity contribution in [1.29, 1.82) is 0 Å². The predicted molar refractivity (Wildman–Crippen MR) is 61.6 cm³/mol. The number of rotatable bonds is 9. The van der Waals surface area contributed by atoms with E-state index in [0.29, 0.717) is 32.0 Å². The fraction of sp³-hybridized carbons (Fsp3) is 0.909. The standard InChI is InChI=1S/C11H24N2O2/c1-10(2)9-15-8-7-13-11(14)5-3-4-6-12/h10H,3-9,12H2,1-2H3,(H,13,14). The van der Waals surface area contributed by atoms with Crippen LogP contribution in [0.4, 0.5) is 0 Å². The zero-order valence-electron chi connectivity index (χ0n) is 9.92. The Morgan fingerprint density at radius 3 is 2.73 bits per heavy atom. The number of nitrogens with one attached hydrogen (secondary N) is 1. The van der Waals surface area contributed by atoms with Crippen molar-refractivity contribution in [3.63, 3.8) is 0 Å². The summed E-state index contributed by atoms with van der Waals surface area (Å²) in [5.74, 6) is 0.641. The zero-order chi connectivity index (χ0) is 11.5. The van der Waals surface area contributed by atoms with E-state index < -0.39 is 0 Å². The van der Waals surface area contributed by atoms with E-state index in [-0.39, 0.29) is 5.91 Å². The molecule has 0 rings (SSSR count). The van der Waals surface area contributed by atoms with Gasteiger partial charge in [-0.05, 0) is 25.3 Å². The summed E-state index contributed by atoms with van der Waals surface area (Å²) in [6.07, 6.45) is 2.35. The maximum absolute atomic E-state index is 11.2. The van der Waals surface area contributed by atoms with Gasteiger partial charge in [0.25, 0.3) is 0 Å². The average Bonchev–Trinajstić information content (AvgIpc) is 2.17. The molecule has 3 N–H and O–H groups in total. The first kappa shape index (κ1) is 14.4. The zero-order valence-corrected chi connectivity index (χ0v) is 9.92. The Bertz CT molecular complexity index is 161. The van der Waals surface area contributed by atoms with Gasteiger partial charge in [-0.1, -0.05) is 13.8 Å². The van der Waals surface area contributed by atoms with Crippen LogP contribution in [0.3, 0.4) is 0 Å². The minimum Gasteiger partial charge on any atom is -0.379 e. The molecule has 0 aliphatic rings. The van der Waals surface area contributed by atoms with Gasteiger partial charge in [-0.2, -0.15) is 0 Å². The van der Waals surface area contributed by atoms with Crippen molar-refractivity contribution in [1.82, 2.24) is 5.32 Å². The smallest absolute Gasteiger partial charge is 0.220 e. The molecule has 0 aliphatic carbocycles. The molecule has 90 valence electrons. The van der Waals surface area contributed by atoms with E-state index >= 15 is 0 Å². The van der Waals surface area contributed by atoms with Crippen LogP contribution in [0.15, 0.2) is 0 Å². The van der Waals surface area contributed by atoms with Gasteiger partial charge in [0.2, 0.25) is 5.91 Å². The predicted octanol–water partition coefficient (Wildman–Crippen LogP) is 0.904. The van der Waals surface area contributed by atoms with Gasteiger partial charge in [0.05, 0.1) is 6.61 Å². The van der Waals surface area contributed by atoms with E-state index in [2.05, 4.69) is 19.2 Å².